The molecule has 2 saturated heterocycles. The zero-order valence-electron chi connectivity index (χ0n) is 20.7. The summed E-state index contributed by atoms with van der Waals surface area (Å²) in [5.74, 6) is -0.0209. The summed E-state index contributed by atoms with van der Waals surface area (Å²) in [7, 11) is 1.39. The highest BCUT2D eigenvalue weighted by molar-refractivity contribution is 5.71. The van der Waals surface area contributed by atoms with E-state index in [1.54, 1.807) is 18.3 Å². The first-order valence-electron chi connectivity index (χ1n) is 12.7. The molecule has 2 N–H and O–H groups in total. The monoisotopic (exact) mass is 509 g/mol. The van der Waals surface area contributed by atoms with Gasteiger partial charge in [0.2, 0.25) is 0 Å². The SMILES string of the molecule is COc1ncc(F)c(-c2ccc(-c3ncc(N(C4CC4)[C@H]4C[C@]5(C)CCC[C@@H](N5)[C@H]4F)nn3)c(O)c2)n1. The van der Waals surface area contributed by atoms with Crippen molar-refractivity contribution in [2.75, 3.05) is 12.0 Å². The first kappa shape index (κ1) is 23.9. The molecular weight excluding hydrogens is 480 g/mol. The molecule has 1 aromatic carbocycles. The van der Waals surface area contributed by atoms with Crippen LogP contribution in [0.3, 0.4) is 0 Å². The van der Waals surface area contributed by atoms with Gasteiger partial charge in [-0.25, -0.2) is 18.7 Å². The van der Waals surface area contributed by atoms with E-state index in [2.05, 4.69) is 42.3 Å². The van der Waals surface area contributed by atoms with Crippen LogP contribution in [-0.4, -0.2) is 67.2 Å². The van der Waals surface area contributed by atoms with Crippen LogP contribution >= 0.6 is 0 Å². The van der Waals surface area contributed by atoms with Gasteiger partial charge in [-0.05, 0) is 57.6 Å². The number of piperidine rings is 2. The van der Waals surface area contributed by atoms with Gasteiger partial charge in [-0.15, -0.1) is 10.2 Å². The third-order valence-corrected chi connectivity index (χ3v) is 7.72. The number of phenols is 1. The van der Waals surface area contributed by atoms with Crippen molar-refractivity contribution in [1.29, 1.82) is 0 Å². The van der Waals surface area contributed by atoms with E-state index in [9.17, 15) is 9.50 Å². The minimum atomic E-state index is -0.993. The van der Waals surface area contributed by atoms with Crippen molar-refractivity contribution in [2.45, 2.75) is 75.3 Å². The molecule has 3 fully saturated rings. The zero-order chi connectivity index (χ0) is 25.7. The maximum Gasteiger partial charge on any atom is 0.316 e. The summed E-state index contributed by atoms with van der Waals surface area (Å²) in [6.45, 7) is 2.19. The summed E-state index contributed by atoms with van der Waals surface area (Å²) < 4.78 is 34.9. The molecule has 0 amide bonds. The number of ether oxygens (including phenoxy) is 1. The van der Waals surface area contributed by atoms with Crippen LogP contribution in [0.25, 0.3) is 22.6 Å². The van der Waals surface area contributed by atoms with Crippen LogP contribution in [-0.2, 0) is 0 Å². The van der Waals surface area contributed by atoms with Gasteiger partial charge >= 0.3 is 6.01 Å². The largest absolute Gasteiger partial charge is 0.507 e. The van der Waals surface area contributed by atoms with E-state index in [0.717, 1.165) is 38.3 Å². The van der Waals surface area contributed by atoms with E-state index in [0.29, 0.717) is 23.4 Å². The van der Waals surface area contributed by atoms with Crippen LogP contribution < -0.4 is 15.0 Å². The topological polar surface area (TPSA) is 109 Å². The molecule has 1 aliphatic carbocycles. The van der Waals surface area contributed by atoms with Crippen LogP contribution in [0.1, 0.15) is 45.4 Å². The molecule has 2 aliphatic heterocycles. The summed E-state index contributed by atoms with van der Waals surface area (Å²) in [6.07, 6.45) is 7.25. The van der Waals surface area contributed by atoms with Crippen LogP contribution in [0.4, 0.5) is 14.6 Å². The molecule has 4 atom stereocenters. The first-order chi connectivity index (χ1) is 17.8. The highest BCUT2D eigenvalue weighted by Gasteiger charge is 2.50. The van der Waals surface area contributed by atoms with Gasteiger partial charge < -0.3 is 20.1 Å². The number of nitrogens with one attached hydrogen (secondary N) is 1. The first-order valence-corrected chi connectivity index (χ1v) is 12.7. The van der Waals surface area contributed by atoms with Crippen LogP contribution in [0, 0.1) is 5.82 Å². The molecule has 0 spiro atoms. The number of anilines is 1. The molecule has 3 aliphatic rings. The minimum absolute atomic E-state index is 0.00405. The molecule has 11 heteroatoms. The molecule has 194 valence electrons. The predicted molar refractivity (Wildman–Crippen MR) is 132 cm³/mol. The quantitative estimate of drug-likeness (QED) is 0.512. The number of fused-ring (bicyclic) bond motifs is 2. The second-order valence-electron chi connectivity index (χ2n) is 10.5. The van der Waals surface area contributed by atoms with Crippen molar-refractivity contribution in [3.63, 3.8) is 0 Å². The minimum Gasteiger partial charge on any atom is -0.507 e. The average Bonchev–Trinajstić information content (AvgIpc) is 3.73. The number of halogens is 2. The molecule has 3 aromatic rings. The van der Waals surface area contributed by atoms with Crippen molar-refractivity contribution in [1.82, 2.24) is 30.5 Å². The van der Waals surface area contributed by atoms with Crippen LogP contribution in [0.15, 0.2) is 30.6 Å². The molecule has 0 unspecified atom stereocenters. The van der Waals surface area contributed by atoms with Crippen molar-refractivity contribution in [3.8, 4) is 34.4 Å². The fourth-order valence-corrected chi connectivity index (χ4v) is 5.81. The highest BCUT2D eigenvalue weighted by Crippen LogP contribution is 2.42. The Morgan fingerprint density at radius 2 is 2.00 bits per heavy atom. The standard InChI is InChI=1S/C26H29F2N7O2/c1-26-9-3-4-18(32-26)22(28)19(11-26)35(15-6-7-15)21-13-29-24(34-33-21)16-8-5-14(10-20(16)36)23-17(27)12-30-25(31-23)37-2/h5,8,10,12-13,15,18-19,22,32,36H,3-4,6-7,9,11H2,1-2H3/t18-,19+,22-,26+/m1/s1. The lowest BCUT2D eigenvalue weighted by Crippen LogP contribution is -2.67. The number of phenolic OH excluding ortho intramolecular Hbond substituents is 1. The number of aromatic hydroxyl groups is 1. The summed E-state index contributed by atoms with van der Waals surface area (Å²) in [6, 6.07) is 4.41. The molecule has 2 bridgehead atoms. The summed E-state index contributed by atoms with van der Waals surface area (Å²) in [5, 5.41) is 22.9. The van der Waals surface area contributed by atoms with E-state index in [1.807, 2.05) is 0 Å². The van der Waals surface area contributed by atoms with Crippen molar-refractivity contribution >= 4 is 5.82 Å². The summed E-state index contributed by atoms with van der Waals surface area (Å²) in [5.41, 5.74) is 0.617. The van der Waals surface area contributed by atoms with Crippen molar-refractivity contribution in [3.05, 3.63) is 36.4 Å². The van der Waals surface area contributed by atoms with Gasteiger partial charge in [0.1, 0.15) is 17.6 Å². The Hall–Kier alpha value is -3.47. The summed E-state index contributed by atoms with van der Waals surface area (Å²) in [4.78, 5) is 14.3. The molecule has 37 heavy (non-hydrogen) atoms. The van der Waals surface area contributed by atoms with Crippen LogP contribution in [0.5, 0.6) is 11.8 Å². The fraction of sp³-hybridized carbons (Fsp3) is 0.500. The molecule has 9 nitrogen and oxygen atoms in total. The average molecular weight is 510 g/mol. The molecule has 6 rings (SSSR count). The van der Waals surface area contributed by atoms with E-state index in [4.69, 9.17) is 4.74 Å². The smallest absolute Gasteiger partial charge is 0.316 e. The highest BCUT2D eigenvalue weighted by atomic mass is 19.1. The van der Waals surface area contributed by atoms with E-state index in [1.165, 1.54) is 13.2 Å². The summed E-state index contributed by atoms with van der Waals surface area (Å²) >= 11 is 0. The van der Waals surface area contributed by atoms with Gasteiger partial charge in [0.25, 0.3) is 0 Å². The molecule has 2 aromatic heterocycles. The Morgan fingerprint density at radius 3 is 2.70 bits per heavy atom. The zero-order valence-corrected chi connectivity index (χ0v) is 20.7. The maximum atomic E-state index is 15.6. The molecular formula is C26H29F2N7O2. The molecule has 1 saturated carbocycles. The number of rotatable bonds is 6. The lowest BCUT2D eigenvalue weighted by Gasteiger charge is -2.52. The number of benzene rings is 1. The molecule has 4 heterocycles. The third kappa shape index (κ3) is 4.45. The Kier molecular flexibility index (Phi) is 5.89. The second-order valence-corrected chi connectivity index (χ2v) is 10.5. The van der Waals surface area contributed by atoms with E-state index >= 15 is 4.39 Å². The normalized spacial score (nSPS) is 27.1. The number of aromatic nitrogens is 5. The van der Waals surface area contributed by atoms with Gasteiger partial charge in [0.15, 0.2) is 17.5 Å². The number of alkyl halides is 1. The Morgan fingerprint density at radius 1 is 1.16 bits per heavy atom. The molecule has 0 radical (unpaired) electrons. The fourth-order valence-electron chi connectivity index (χ4n) is 5.81. The lowest BCUT2D eigenvalue weighted by atomic mass is 9.74. The van der Waals surface area contributed by atoms with Gasteiger partial charge in [0, 0.05) is 23.2 Å². The lowest BCUT2D eigenvalue weighted by molar-refractivity contribution is 0.0584. The Bertz CT molecular complexity index is 1310. The Labute approximate surface area is 213 Å². The number of hydrogen-bond donors (Lipinski definition) is 2. The van der Waals surface area contributed by atoms with Crippen molar-refractivity contribution in [2.24, 2.45) is 0 Å². The third-order valence-electron chi connectivity index (χ3n) is 7.72. The van der Waals surface area contributed by atoms with E-state index in [-0.39, 0.29) is 46.9 Å². The maximum absolute atomic E-state index is 15.6. The van der Waals surface area contributed by atoms with Crippen LogP contribution in [0.2, 0.25) is 0 Å². The van der Waals surface area contributed by atoms with Gasteiger partial charge in [-0.1, -0.05) is 6.07 Å². The predicted octanol–water partition coefficient (Wildman–Crippen LogP) is 3.83. The van der Waals surface area contributed by atoms with Gasteiger partial charge in [0.05, 0.1) is 31.1 Å². The van der Waals surface area contributed by atoms with Gasteiger partial charge in [-0.2, -0.15) is 4.98 Å². The number of hydrogen-bond acceptors (Lipinski definition) is 9. The number of methoxy groups -OCH3 is 1. The second kappa shape index (κ2) is 9.13. The van der Waals surface area contributed by atoms with E-state index < -0.39 is 12.0 Å². The van der Waals surface area contributed by atoms with Crippen molar-refractivity contribution < 1.29 is 18.6 Å². The Balaban J connectivity index is 1.27. The van der Waals surface area contributed by atoms with Gasteiger partial charge in [-0.3, -0.25) is 0 Å². The number of nitrogens with zero attached hydrogens (tertiary/aromatic N) is 6.